The summed E-state index contributed by atoms with van der Waals surface area (Å²) < 4.78 is 19.2. The van der Waals surface area contributed by atoms with Crippen LogP contribution in [0.15, 0.2) is 36.9 Å². The maximum absolute atomic E-state index is 13.0. The van der Waals surface area contributed by atoms with E-state index in [0.717, 1.165) is 0 Å². The first-order chi connectivity index (χ1) is 9.56. The van der Waals surface area contributed by atoms with Crippen molar-refractivity contribution in [2.45, 2.75) is 19.1 Å². The molecule has 1 heterocycles. The number of rotatable bonds is 5. The third-order valence-electron chi connectivity index (χ3n) is 2.79. The third-order valence-corrected chi connectivity index (χ3v) is 2.79. The highest BCUT2D eigenvalue weighted by atomic mass is 19.1. The molecule has 7 heteroatoms. The first-order valence-electron chi connectivity index (χ1n) is 6.04. The number of esters is 1. The van der Waals surface area contributed by atoms with Crippen LogP contribution in [0.25, 0.3) is 0 Å². The van der Waals surface area contributed by atoms with E-state index in [1.165, 1.54) is 41.6 Å². The molecule has 1 N–H and O–H groups in total. The molecule has 0 bridgehead atoms. The van der Waals surface area contributed by atoms with Gasteiger partial charge < -0.3 is 9.84 Å². The van der Waals surface area contributed by atoms with Crippen LogP contribution in [0.3, 0.4) is 0 Å². The smallest absolute Gasteiger partial charge is 0.344 e. The molecule has 0 aliphatic rings. The van der Waals surface area contributed by atoms with E-state index < -0.39 is 17.4 Å². The number of carbonyl (C=O) groups is 1. The molecule has 2 aromatic rings. The minimum atomic E-state index is -1.95. The van der Waals surface area contributed by atoms with E-state index in [9.17, 15) is 14.3 Å². The van der Waals surface area contributed by atoms with Crippen molar-refractivity contribution in [3.05, 3.63) is 48.3 Å². The number of halogens is 1. The number of carbonyl (C=O) groups excluding carboxylic acids is 1. The Balaban J connectivity index is 2.37. The average molecular weight is 279 g/mol. The molecule has 0 saturated carbocycles. The van der Waals surface area contributed by atoms with Crippen LogP contribution in [0.4, 0.5) is 4.39 Å². The van der Waals surface area contributed by atoms with E-state index in [0.29, 0.717) is 0 Å². The molecule has 0 saturated heterocycles. The third kappa shape index (κ3) is 2.83. The van der Waals surface area contributed by atoms with Crippen LogP contribution in [0, 0.1) is 5.82 Å². The van der Waals surface area contributed by atoms with Crippen molar-refractivity contribution in [1.82, 2.24) is 14.8 Å². The molecule has 0 aliphatic carbocycles. The topological polar surface area (TPSA) is 77.2 Å². The van der Waals surface area contributed by atoms with Gasteiger partial charge in [-0.05, 0) is 24.6 Å². The predicted molar refractivity (Wildman–Crippen MR) is 67.0 cm³/mol. The Morgan fingerprint density at radius 2 is 2.15 bits per heavy atom. The highest BCUT2D eigenvalue weighted by molar-refractivity contribution is 5.81. The SMILES string of the molecule is CCOC(=O)C(O)(Cn1cncn1)c1ccc(F)cc1. The summed E-state index contributed by atoms with van der Waals surface area (Å²) in [7, 11) is 0. The number of aliphatic hydroxyl groups is 1. The normalized spacial score (nSPS) is 13.8. The van der Waals surface area contributed by atoms with Crippen molar-refractivity contribution in [2.24, 2.45) is 0 Å². The molecule has 2 rings (SSSR count). The Kier molecular flexibility index (Phi) is 4.09. The van der Waals surface area contributed by atoms with E-state index in [1.807, 2.05) is 0 Å². The Labute approximate surface area is 114 Å². The van der Waals surface area contributed by atoms with Crippen molar-refractivity contribution in [3.63, 3.8) is 0 Å². The van der Waals surface area contributed by atoms with Gasteiger partial charge in [0, 0.05) is 0 Å². The van der Waals surface area contributed by atoms with Crippen LogP contribution in [0.1, 0.15) is 12.5 Å². The van der Waals surface area contributed by atoms with Gasteiger partial charge in [0.2, 0.25) is 5.60 Å². The fourth-order valence-electron chi connectivity index (χ4n) is 1.80. The first-order valence-corrected chi connectivity index (χ1v) is 6.04. The molecule has 0 spiro atoms. The van der Waals surface area contributed by atoms with E-state index >= 15 is 0 Å². The summed E-state index contributed by atoms with van der Waals surface area (Å²) in [6, 6.07) is 5.01. The van der Waals surface area contributed by atoms with Gasteiger partial charge in [0.1, 0.15) is 18.5 Å². The fraction of sp³-hybridized carbons (Fsp3) is 0.308. The molecular weight excluding hydrogens is 265 g/mol. The van der Waals surface area contributed by atoms with E-state index in [2.05, 4.69) is 10.1 Å². The average Bonchev–Trinajstić information content (AvgIpc) is 2.92. The second-order valence-corrected chi connectivity index (χ2v) is 4.18. The molecule has 0 fully saturated rings. The second-order valence-electron chi connectivity index (χ2n) is 4.18. The standard InChI is InChI=1S/C13H14FN3O3/c1-2-20-12(18)13(19,7-17-9-15-8-16-17)10-3-5-11(14)6-4-10/h3-6,8-9,19H,2,7H2,1H3. The van der Waals surface area contributed by atoms with Gasteiger partial charge in [-0.2, -0.15) is 5.10 Å². The summed E-state index contributed by atoms with van der Waals surface area (Å²) in [6.45, 7) is 1.59. The fourth-order valence-corrected chi connectivity index (χ4v) is 1.80. The van der Waals surface area contributed by atoms with Crippen LogP contribution in [-0.2, 0) is 21.7 Å². The Hall–Kier alpha value is -2.28. The number of nitrogens with zero attached hydrogens (tertiary/aromatic N) is 3. The molecule has 0 radical (unpaired) electrons. The lowest BCUT2D eigenvalue weighted by molar-refractivity contribution is -0.168. The number of benzene rings is 1. The minimum absolute atomic E-state index is 0.125. The molecule has 1 unspecified atom stereocenters. The zero-order valence-electron chi connectivity index (χ0n) is 10.9. The van der Waals surface area contributed by atoms with Crippen molar-refractivity contribution in [3.8, 4) is 0 Å². The van der Waals surface area contributed by atoms with Gasteiger partial charge in [0.05, 0.1) is 13.2 Å². The van der Waals surface area contributed by atoms with E-state index in [1.54, 1.807) is 6.92 Å². The van der Waals surface area contributed by atoms with Gasteiger partial charge in [-0.1, -0.05) is 12.1 Å². The zero-order chi connectivity index (χ0) is 14.6. The Morgan fingerprint density at radius 1 is 1.45 bits per heavy atom. The van der Waals surface area contributed by atoms with Crippen molar-refractivity contribution < 1.29 is 19.0 Å². The molecule has 106 valence electrons. The van der Waals surface area contributed by atoms with Crippen molar-refractivity contribution in [2.75, 3.05) is 6.61 Å². The quantitative estimate of drug-likeness (QED) is 0.822. The van der Waals surface area contributed by atoms with Gasteiger partial charge in [0.15, 0.2) is 0 Å². The van der Waals surface area contributed by atoms with Crippen molar-refractivity contribution in [1.29, 1.82) is 0 Å². The van der Waals surface area contributed by atoms with Crippen LogP contribution in [0.5, 0.6) is 0 Å². The predicted octanol–water partition coefficient (Wildman–Crippen LogP) is 0.868. The lowest BCUT2D eigenvalue weighted by Crippen LogP contribution is -2.41. The maximum Gasteiger partial charge on any atom is 0.344 e. The highest BCUT2D eigenvalue weighted by Gasteiger charge is 2.40. The molecule has 1 aromatic heterocycles. The van der Waals surface area contributed by atoms with Gasteiger partial charge in [-0.15, -0.1) is 0 Å². The minimum Gasteiger partial charge on any atom is -0.464 e. The maximum atomic E-state index is 13.0. The van der Waals surface area contributed by atoms with Gasteiger partial charge in [0.25, 0.3) is 0 Å². The molecule has 1 atom stereocenters. The Morgan fingerprint density at radius 3 is 2.70 bits per heavy atom. The second kappa shape index (κ2) is 5.79. The van der Waals surface area contributed by atoms with Crippen LogP contribution >= 0.6 is 0 Å². The largest absolute Gasteiger partial charge is 0.464 e. The summed E-state index contributed by atoms with van der Waals surface area (Å²) in [4.78, 5) is 15.8. The number of aromatic nitrogens is 3. The number of ether oxygens (including phenoxy) is 1. The molecular formula is C13H14FN3O3. The first kappa shape index (κ1) is 14.1. The van der Waals surface area contributed by atoms with Crippen molar-refractivity contribution >= 4 is 5.97 Å². The molecule has 1 aromatic carbocycles. The van der Waals surface area contributed by atoms with Crippen LogP contribution in [0.2, 0.25) is 0 Å². The van der Waals surface area contributed by atoms with Crippen LogP contribution in [-0.4, -0.2) is 32.4 Å². The van der Waals surface area contributed by atoms with Gasteiger partial charge in [-0.25, -0.2) is 18.9 Å². The molecule has 0 amide bonds. The van der Waals surface area contributed by atoms with Gasteiger partial charge >= 0.3 is 5.97 Å². The summed E-state index contributed by atoms with van der Waals surface area (Å²) in [6.07, 6.45) is 2.66. The molecule has 0 aliphatic heterocycles. The lowest BCUT2D eigenvalue weighted by Gasteiger charge is -2.26. The summed E-state index contributed by atoms with van der Waals surface area (Å²) in [5.74, 6) is -1.28. The van der Waals surface area contributed by atoms with E-state index in [4.69, 9.17) is 4.74 Å². The summed E-state index contributed by atoms with van der Waals surface area (Å²) in [5, 5.41) is 14.5. The monoisotopic (exact) mass is 279 g/mol. The van der Waals surface area contributed by atoms with E-state index in [-0.39, 0.29) is 18.7 Å². The number of hydrogen-bond donors (Lipinski definition) is 1. The summed E-state index contributed by atoms with van der Waals surface area (Å²) in [5.41, 5.74) is -1.72. The highest BCUT2D eigenvalue weighted by Crippen LogP contribution is 2.25. The summed E-state index contributed by atoms with van der Waals surface area (Å²) >= 11 is 0. The molecule has 6 nitrogen and oxygen atoms in total. The Bertz CT molecular complexity index is 571. The molecule has 20 heavy (non-hydrogen) atoms. The van der Waals surface area contributed by atoms with Crippen LogP contribution < -0.4 is 0 Å². The van der Waals surface area contributed by atoms with Gasteiger partial charge in [-0.3, -0.25) is 0 Å². The lowest BCUT2D eigenvalue weighted by atomic mass is 9.94. The zero-order valence-corrected chi connectivity index (χ0v) is 10.9. The number of hydrogen-bond acceptors (Lipinski definition) is 5.